The van der Waals surface area contributed by atoms with Crippen molar-refractivity contribution in [2.24, 2.45) is 0 Å². The van der Waals surface area contributed by atoms with Gasteiger partial charge in [0.1, 0.15) is 0 Å². The first kappa shape index (κ1) is 36.5. The average Bonchev–Trinajstić information content (AvgIpc) is 3.24. The van der Waals surface area contributed by atoms with Crippen LogP contribution < -0.4 is 21.3 Å². The van der Waals surface area contributed by atoms with E-state index in [0.717, 1.165) is 16.9 Å². The second-order valence-corrected chi connectivity index (χ2v) is 12.3. The molecule has 7 heteroatoms. The second-order valence-electron chi connectivity index (χ2n) is 12.3. The van der Waals surface area contributed by atoms with Crippen molar-refractivity contribution in [3.63, 3.8) is 0 Å². The molecule has 0 aromatic heterocycles. The normalized spacial score (nSPS) is 10.2. The molecule has 0 aliphatic rings. The summed E-state index contributed by atoms with van der Waals surface area (Å²) >= 11 is 0. The average molecular weight is 709 g/mol. The van der Waals surface area contributed by atoms with Gasteiger partial charge in [0.05, 0.1) is 0 Å². The van der Waals surface area contributed by atoms with Crippen molar-refractivity contribution >= 4 is 40.3 Å². The molecular weight excluding hydrogens is 669 g/mol. The van der Waals surface area contributed by atoms with E-state index in [1.165, 1.54) is 5.56 Å². The molecule has 0 heterocycles. The van der Waals surface area contributed by atoms with Gasteiger partial charge in [-0.2, -0.15) is 0 Å². The lowest BCUT2D eigenvalue weighted by atomic mass is 10.0. The summed E-state index contributed by atoms with van der Waals surface area (Å²) in [5.41, 5.74) is 7.75. The largest absolute Gasteiger partial charge is 0.380 e. The number of anilines is 4. The maximum atomic E-state index is 13.0. The SMILES string of the molecule is O=C(Nc1ccccc1)Nc1ccccc1CNc1ccccc1C(=O)c1ccccc1.O=C(c1ccccc1)c1ccccc1NCc1ccccc1. The summed E-state index contributed by atoms with van der Waals surface area (Å²) in [6, 6.07) is 60.3. The first-order valence-electron chi connectivity index (χ1n) is 17.7. The fraction of sp³-hybridized carbons (Fsp3) is 0.0426. The number of carbonyl (C=O) groups is 3. The Kier molecular flexibility index (Phi) is 12.7. The van der Waals surface area contributed by atoms with Crippen LogP contribution in [0.3, 0.4) is 0 Å². The third kappa shape index (κ3) is 10.2. The maximum absolute atomic E-state index is 13.0. The van der Waals surface area contributed by atoms with Gasteiger partial charge in [0.2, 0.25) is 0 Å². The van der Waals surface area contributed by atoms with Gasteiger partial charge < -0.3 is 21.3 Å². The number of benzene rings is 7. The van der Waals surface area contributed by atoms with Gasteiger partial charge in [-0.05, 0) is 53.6 Å². The highest BCUT2D eigenvalue weighted by Gasteiger charge is 2.15. The van der Waals surface area contributed by atoms with E-state index >= 15 is 0 Å². The second kappa shape index (κ2) is 18.8. The first-order chi connectivity index (χ1) is 26.5. The third-order valence-electron chi connectivity index (χ3n) is 8.51. The van der Waals surface area contributed by atoms with Crippen LogP contribution in [0.15, 0.2) is 194 Å². The molecule has 0 atom stereocenters. The molecule has 7 rings (SSSR count). The van der Waals surface area contributed by atoms with Crippen molar-refractivity contribution in [1.82, 2.24) is 0 Å². The Balaban J connectivity index is 0.000000197. The summed E-state index contributed by atoms with van der Waals surface area (Å²) in [6.07, 6.45) is 0. The molecule has 0 saturated heterocycles. The minimum absolute atomic E-state index is 0.0387. The molecule has 266 valence electrons. The summed E-state index contributed by atoms with van der Waals surface area (Å²) in [6.45, 7) is 1.14. The Morgan fingerprint density at radius 1 is 0.370 bits per heavy atom. The summed E-state index contributed by atoms with van der Waals surface area (Å²) in [5.74, 6) is -0.000823. The van der Waals surface area contributed by atoms with Gasteiger partial charge in [-0.3, -0.25) is 9.59 Å². The number of amides is 2. The minimum Gasteiger partial charge on any atom is -0.380 e. The number of urea groups is 1. The van der Waals surface area contributed by atoms with E-state index in [-0.39, 0.29) is 17.6 Å². The molecule has 0 aliphatic heterocycles. The van der Waals surface area contributed by atoms with E-state index in [4.69, 9.17) is 0 Å². The van der Waals surface area contributed by atoms with Crippen LogP contribution in [0.25, 0.3) is 0 Å². The Bertz CT molecular complexity index is 2280. The predicted octanol–water partition coefficient (Wildman–Crippen LogP) is 10.7. The van der Waals surface area contributed by atoms with Crippen LogP contribution >= 0.6 is 0 Å². The zero-order valence-corrected chi connectivity index (χ0v) is 29.6. The van der Waals surface area contributed by atoms with E-state index in [1.54, 1.807) is 0 Å². The summed E-state index contributed by atoms with van der Waals surface area (Å²) in [7, 11) is 0. The van der Waals surface area contributed by atoms with Crippen LogP contribution in [0.1, 0.15) is 43.0 Å². The Morgan fingerprint density at radius 2 is 0.778 bits per heavy atom. The molecule has 0 aliphatic carbocycles. The molecule has 7 aromatic carbocycles. The maximum Gasteiger partial charge on any atom is 0.323 e. The molecule has 54 heavy (non-hydrogen) atoms. The third-order valence-corrected chi connectivity index (χ3v) is 8.51. The summed E-state index contributed by atoms with van der Waals surface area (Å²) < 4.78 is 0. The van der Waals surface area contributed by atoms with Crippen molar-refractivity contribution < 1.29 is 14.4 Å². The first-order valence-corrected chi connectivity index (χ1v) is 17.7. The smallest absolute Gasteiger partial charge is 0.323 e. The molecule has 0 radical (unpaired) electrons. The van der Waals surface area contributed by atoms with E-state index < -0.39 is 0 Å². The number of carbonyl (C=O) groups excluding carboxylic acids is 3. The molecular formula is C47H40N4O3. The van der Waals surface area contributed by atoms with E-state index in [9.17, 15) is 14.4 Å². The highest BCUT2D eigenvalue weighted by molar-refractivity contribution is 6.13. The molecule has 7 aromatic rings. The lowest BCUT2D eigenvalue weighted by molar-refractivity contribution is 0.103. The zero-order chi connectivity index (χ0) is 37.4. The highest BCUT2D eigenvalue weighted by atomic mass is 16.2. The molecule has 0 bridgehead atoms. The van der Waals surface area contributed by atoms with Gasteiger partial charge in [-0.25, -0.2) is 4.79 Å². The summed E-state index contributed by atoms with van der Waals surface area (Å²) in [5, 5.41) is 12.4. The van der Waals surface area contributed by atoms with Crippen molar-refractivity contribution in [1.29, 1.82) is 0 Å². The van der Waals surface area contributed by atoms with Gasteiger partial charge in [0, 0.05) is 58.1 Å². The lowest BCUT2D eigenvalue weighted by Gasteiger charge is -2.15. The fourth-order valence-electron chi connectivity index (χ4n) is 5.75. The van der Waals surface area contributed by atoms with E-state index in [0.29, 0.717) is 46.7 Å². The number of hydrogen-bond donors (Lipinski definition) is 4. The number of hydrogen-bond acceptors (Lipinski definition) is 5. The van der Waals surface area contributed by atoms with Gasteiger partial charge in [0.15, 0.2) is 11.6 Å². The van der Waals surface area contributed by atoms with Gasteiger partial charge in [0.25, 0.3) is 0 Å². The van der Waals surface area contributed by atoms with Crippen LogP contribution in [0.4, 0.5) is 27.5 Å². The number of rotatable bonds is 12. The van der Waals surface area contributed by atoms with Gasteiger partial charge in [-0.1, -0.05) is 152 Å². The van der Waals surface area contributed by atoms with Crippen molar-refractivity contribution in [3.05, 3.63) is 228 Å². The number of para-hydroxylation sites is 4. The topological polar surface area (TPSA) is 99.3 Å². The number of nitrogens with one attached hydrogen (secondary N) is 4. The monoisotopic (exact) mass is 708 g/mol. The van der Waals surface area contributed by atoms with Crippen LogP contribution in [0, 0.1) is 0 Å². The standard InChI is InChI=1S/C27H23N3O2.C20H17NO/c31-26(20-11-3-1-4-12-20)23-16-8-10-18-25(23)28-19-21-13-7-9-17-24(21)30-27(32)29-22-14-5-2-6-15-22;22-20(17-11-5-2-6-12-17)18-13-7-8-14-19(18)21-15-16-9-3-1-4-10-16/h1-18,28H,19H2,(H2,29,30,32);1-14,21H,15H2. The quantitative estimate of drug-likeness (QED) is 0.0947. The van der Waals surface area contributed by atoms with Gasteiger partial charge >= 0.3 is 6.03 Å². The molecule has 0 saturated carbocycles. The molecule has 0 unspecified atom stereocenters. The number of ketones is 2. The van der Waals surface area contributed by atoms with Crippen LogP contribution in [-0.4, -0.2) is 17.6 Å². The lowest BCUT2D eigenvalue weighted by Crippen LogP contribution is -2.20. The van der Waals surface area contributed by atoms with Gasteiger partial charge in [-0.15, -0.1) is 0 Å². The zero-order valence-electron chi connectivity index (χ0n) is 29.6. The molecule has 4 N–H and O–H groups in total. The highest BCUT2D eigenvalue weighted by Crippen LogP contribution is 2.23. The predicted molar refractivity (Wildman–Crippen MR) is 219 cm³/mol. The Labute approximate surface area is 315 Å². The minimum atomic E-state index is -0.316. The van der Waals surface area contributed by atoms with E-state index in [2.05, 4.69) is 33.4 Å². The molecule has 2 amide bonds. The Morgan fingerprint density at radius 3 is 1.31 bits per heavy atom. The fourth-order valence-corrected chi connectivity index (χ4v) is 5.75. The molecule has 0 spiro atoms. The van der Waals surface area contributed by atoms with Crippen molar-refractivity contribution in [3.8, 4) is 0 Å². The van der Waals surface area contributed by atoms with Crippen LogP contribution in [0.5, 0.6) is 0 Å². The summed E-state index contributed by atoms with van der Waals surface area (Å²) in [4.78, 5) is 38.0. The van der Waals surface area contributed by atoms with Crippen molar-refractivity contribution in [2.45, 2.75) is 13.1 Å². The Hall–Kier alpha value is -7.25. The van der Waals surface area contributed by atoms with Crippen LogP contribution in [0.2, 0.25) is 0 Å². The van der Waals surface area contributed by atoms with E-state index in [1.807, 2.05) is 182 Å². The van der Waals surface area contributed by atoms with Crippen molar-refractivity contribution in [2.75, 3.05) is 21.3 Å². The molecule has 7 nitrogen and oxygen atoms in total. The van der Waals surface area contributed by atoms with Crippen LogP contribution in [-0.2, 0) is 13.1 Å². The molecule has 0 fully saturated rings.